The normalized spacial score (nSPS) is 12.7. The van der Waals surface area contributed by atoms with Crippen LogP contribution in [-0.4, -0.2) is 6.21 Å². The summed E-state index contributed by atoms with van der Waals surface area (Å²) in [6, 6.07) is 17.9. The number of hydrogen-bond acceptors (Lipinski definition) is 3. The van der Waals surface area contributed by atoms with E-state index in [9.17, 15) is 0 Å². The number of fused-ring (bicyclic) bond motifs is 1. The van der Waals surface area contributed by atoms with Gasteiger partial charge in [0, 0.05) is 30.1 Å². The lowest BCUT2D eigenvalue weighted by Gasteiger charge is -2.03. The lowest BCUT2D eigenvalue weighted by molar-refractivity contribution is 1.11. The summed E-state index contributed by atoms with van der Waals surface area (Å²) in [4.78, 5) is 4.50. The Balaban J connectivity index is 1.85. The molecule has 0 aromatic heterocycles. The van der Waals surface area contributed by atoms with Crippen molar-refractivity contribution in [3.8, 4) is 6.07 Å². The summed E-state index contributed by atoms with van der Waals surface area (Å²) >= 11 is 0. The number of anilines is 1. The monoisotopic (exact) mass is 259 g/mol. The largest absolute Gasteiger partial charge is 0.359 e. The van der Waals surface area contributed by atoms with Crippen molar-refractivity contribution in [3.05, 3.63) is 77.1 Å². The molecular weight excluding hydrogens is 246 g/mol. The first kappa shape index (κ1) is 12.2. The minimum atomic E-state index is 0.642. The van der Waals surface area contributed by atoms with E-state index in [1.165, 1.54) is 5.56 Å². The van der Waals surface area contributed by atoms with Crippen LogP contribution < -0.4 is 5.32 Å². The molecule has 3 nitrogen and oxygen atoms in total. The van der Waals surface area contributed by atoms with Gasteiger partial charge in [-0.3, -0.25) is 4.99 Å². The molecule has 1 N–H and O–H groups in total. The van der Waals surface area contributed by atoms with Crippen LogP contribution >= 0.6 is 0 Å². The van der Waals surface area contributed by atoms with Crippen molar-refractivity contribution in [1.29, 1.82) is 5.26 Å². The van der Waals surface area contributed by atoms with Gasteiger partial charge in [-0.05, 0) is 23.8 Å². The molecule has 0 aliphatic carbocycles. The fourth-order valence-corrected chi connectivity index (χ4v) is 2.12. The van der Waals surface area contributed by atoms with Gasteiger partial charge in [0.15, 0.2) is 0 Å². The highest BCUT2D eigenvalue weighted by molar-refractivity contribution is 5.90. The minimum Gasteiger partial charge on any atom is -0.359 e. The summed E-state index contributed by atoms with van der Waals surface area (Å²) in [5.41, 5.74) is 4.73. The zero-order valence-electron chi connectivity index (χ0n) is 10.9. The molecule has 20 heavy (non-hydrogen) atoms. The van der Waals surface area contributed by atoms with E-state index in [0.717, 1.165) is 23.4 Å². The Morgan fingerprint density at radius 2 is 1.95 bits per heavy atom. The van der Waals surface area contributed by atoms with Crippen LogP contribution in [0.2, 0.25) is 0 Å². The quantitative estimate of drug-likeness (QED) is 0.897. The molecule has 0 spiro atoms. The Hall–Kier alpha value is -2.86. The van der Waals surface area contributed by atoms with Crippen LogP contribution in [0.5, 0.6) is 0 Å². The third-order valence-electron chi connectivity index (χ3n) is 3.17. The van der Waals surface area contributed by atoms with Gasteiger partial charge in [-0.2, -0.15) is 5.26 Å². The third kappa shape index (κ3) is 2.60. The van der Waals surface area contributed by atoms with Crippen molar-refractivity contribution in [2.24, 2.45) is 4.99 Å². The van der Waals surface area contributed by atoms with Gasteiger partial charge in [-0.25, -0.2) is 0 Å². The lowest BCUT2D eigenvalue weighted by atomic mass is 10.1. The van der Waals surface area contributed by atoms with E-state index < -0.39 is 0 Å². The molecule has 0 bridgehead atoms. The van der Waals surface area contributed by atoms with Crippen LogP contribution in [0, 0.1) is 11.3 Å². The second-order valence-electron chi connectivity index (χ2n) is 4.61. The van der Waals surface area contributed by atoms with E-state index >= 15 is 0 Å². The van der Waals surface area contributed by atoms with Gasteiger partial charge in [0.2, 0.25) is 0 Å². The van der Waals surface area contributed by atoms with Crippen LogP contribution in [0.25, 0.3) is 0 Å². The Morgan fingerprint density at radius 3 is 2.75 bits per heavy atom. The zero-order chi connectivity index (χ0) is 13.8. The van der Waals surface area contributed by atoms with E-state index in [2.05, 4.69) is 28.5 Å². The lowest BCUT2D eigenvalue weighted by Crippen LogP contribution is -1.93. The molecule has 0 unspecified atom stereocenters. The smallest absolute Gasteiger partial charge is 0.0991 e. The number of nitriles is 1. The van der Waals surface area contributed by atoms with Gasteiger partial charge < -0.3 is 5.32 Å². The molecule has 0 saturated heterocycles. The number of nitrogens with zero attached hydrogens (tertiary/aromatic N) is 2. The van der Waals surface area contributed by atoms with Gasteiger partial charge >= 0.3 is 0 Å². The van der Waals surface area contributed by atoms with Crippen molar-refractivity contribution in [2.75, 3.05) is 5.32 Å². The Morgan fingerprint density at radius 1 is 1.10 bits per heavy atom. The predicted octanol–water partition coefficient (Wildman–Crippen LogP) is 3.49. The van der Waals surface area contributed by atoms with Gasteiger partial charge in [-0.1, -0.05) is 30.3 Å². The molecular formula is C17H13N3. The van der Waals surface area contributed by atoms with Crippen LogP contribution in [-0.2, 0) is 6.42 Å². The molecule has 0 radical (unpaired) electrons. The Labute approximate surface area is 117 Å². The minimum absolute atomic E-state index is 0.642. The third-order valence-corrected chi connectivity index (χ3v) is 3.17. The molecule has 1 heterocycles. The van der Waals surface area contributed by atoms with Crippen LogP contribution in [0.3, 0.4) is 0 Å². The summed E-state index contributed by atoms with van der Waals surface area (Å²) in [5, 5.41) is 12.2. The molecule has 0 fully saturated rings. The van der Waals surface area contributed by atoms with E-state index in [0.29, 0.717) is 5.56 Å². The first-order valence-electron chi connectivity index (χ1n) is 6.43. The summed E-state index contributed by atoms with van der Waals surface area (Å²) in [7, 11) is 0. The van der Waals surface area contributed by atoms with Gasteiger partial charge in [0.25, 0.3) is 0 Å². The van der Waals surface area contributed by atoms with Crippen LogP contribution in [0.1, 0.15) is 16.7 Å². The summed E-state index contributed by atoms with van der Waals surface area (Å²) < 4.78 is 0. The average Bonchev–Trinajstić information content (AvgIpc) is 2.70. The number of nitrogens with one attached hydrogen (secondary N) is 1. The standard InChI is InChI=1S/C17H13N3/c18-10-14-6-7-17-15(8-14)11-19-16(12-20-17)9-13-4-2-1-3-5-13/h1-8,11-12,20H,9H2. The number of hydrogen-bond donors (Lipinski definition) is 1. The molecule has 1 aliphatic rings. The zero-order valence-corrected chi connectivity index (χ0v) is 10.9. The maximum absolute atomic E-state index is 8.93. The SMILES string of the molecule is N#Cc1ccc2c(c1)C=NC(Cc1ccccc1)=CN2. The number of benzene rings is 2. The summed E-state index contributed by atoms with van der Waals surface area (Å²) in [5.74, 6) is 0. The van der Waals surface area contributed by atoms with Crippen molar-refractivity contribution in [1.82, 2.24) is 0 Å². The van der Waals surface area contributed by atoms with Crippen LogP contribution in [0.15, 0.2) is 65.4 Å². The first-order chi connectivity index (χ1) is 9.85. The fourth-order valence-electron chi connectivity index (χ4n) is 2.12. The van der Waals surface area contributed by atoms with E-state index in [1.54, 1.807) is 6.07 Å². The Bertz CT molecular complexity index is 722. The van der Waals surface area contributed by atoms with Crippen molar-refractivity contribution in [3.63, 3.8) is 0 Å². The van der Waals surface area contributed by atoms with Crippen molar-refractivity contribution < 1.29 is 0 Å². The summed E-state index contributed by atoms with van der Waals surface area (Å²) in [6.07, 6.45) is 4.51. The molecule has 0 amide bonds. The van der Waals surface area contributed by atoms with Gasteiger partial charge in [0.1, 0.15) is 0 Å². The van der Waals surface area contributed by atoms with E-state index in [1.807, 2.05) is 42.7 Å². The molecule has 2 aromatic carbocycles. The van der Waals surface area contributed by atoms with E-state index in [4.69, 9.17) is 5.26 Å². The summed E-state index contributed by atoms with van der Waals surface area (Å²) in [6.45, 7) is 0. The molecule has 96 valence electrons. The predicted molar refractivity (Wildman–Crippen MR) is 80.6 cm³/mol. The molecule has 3 rings (SSSR count). The topological polar surface area (TPSA) is 48.2 Å². The number of aliphatic imine (C=N–C) groups is 1. The molecule has 0 saturated carbocycles. The first-order valence-corrected chi connectivity index (χ1v) is 6.43. The average molecular weight is 259 g/mol. The van der Waals surface area contributed by atoms with Gasteiger partial charge in [0.05, 0.1) is 17.3 Å². The fraction of sp³-hybridized carbons (Fsp3) is 0.0588. The van der Waals surface area contributed by atoms with Crippen molar-refractivity contribution >= 4 is 11.9 Å². The Kier molecular flexibility index (Phi) is 3.30. The maximum atomic E-state index is 8.93. The van der Waals surface area contributed by atoms with Crippen molar-refractivity contribution in [2.45, 2.75) is 6.42 Å². The van der Waals surface area contributed by atoms with E-state index in [-0.39, 0.29) is 0 Å². The molecule has 2 aromatic rings. The highest BCUT2D eigenvalue weighted by Crippen LogP contribution is 2.20. The molecule has 0 atom stereocenters. The molecule has 1 aliphatic heterocycles. The molecule has 3 heteroatoms. The van der Waals surface area contributed by atoms with Gasteiger partial charge in [-0.15, -0.1) is 0 Å². The highest BCUT2D eigenvalue weighted by Gasteiger charge is 2.06. The van der Waals surface area contributed by atoms with Crippen LogP contribution in [0.4, 0.5) is 5.69 Å². The number of allylic oxidation sites excluding steroid dienone is 1. The second kappa shape index (κ2) is 5.41. The maximum Gasteiger partial charge on any atom is 0.0991 e. The highest BCUT2D eigenvalue weighted by atomic mass is 14.9. The number of rotatable bonds is 2. The second-order valence-corrected chi connectivity index (χ2v) is 4.61.